The van der Waals surface area contributed by atoms with E-state index >= 15 is 0 Å². The van der Waals surface area contributed by atoms with Crippen LogP contribution in [0.15, 0.2) is 36.4 Å². The minimum absolute atomic E-state index is 0.425. The van der Waals surface area contributed by atoms with Gasteiger partial charge in [0.1, 0.15) is 12.4 Å². The number of hydrogen-bond acceptors (Lipinski definition) is 4. The van der Waals surface area contributed by atoms with Crippen molar-refractivity contribution in [1.82, 2.24) is 0 Å². The van der Waals surface area contributed by atoms with Crippen LogP contribution in [-0.2, 0) is 6.61 Å². The fraction of sp³-hybridized carbons (Fsp3) is 0.250. The van der Waals surface area contributed by atoms with Crippen molar-refractivity contribution in [3.8, 4) is 17.2 Å². The van der Waals surface area contributed by atoms with Crippen LogP contribution in [0, 0.1) is 6.92 Å². The lowest BCUT2D eigenvalue weighted by molar-refractivity contribution is 0.305. The molecule has 4 heteroatoms. The van der Waals surface area contributed by atoms with E-state index in [1.54, 1.807) is 14.2 Å². The van der Waals surface area contributed by atoms with Gasteiger partial charge in [-0.25, -0.2) is 0 Å². The van der Waals surface area contributed by atoms with Gasteiger partial charge < -0.3 is 19.9 Å². The van der Waals surface area contributed by atoms with Crippen molar-refractivity contribution in [1.29, 1.82) is 0 Å². The van der Waals surface area contributed by atoms with E-state index in [0.29, 0.717) is 29.5 Å². The zero-order chi connectivity index (χ0) is 14.5. The largest absolute Gasteiger partial charge is 0.493 e. The second kappa shape index (κ2) is 6.19. The van der Waals surface area contributed by atoms with E-state index in [9.17, 15) is 0 Å². The minimum Gasteiger partial charge on any atom is -0.493 e. The highest BCUT2D eigenvalue weighted by atomic mass is 16.5. The van der Waals surface area contributed by atoms with Crippen LogP contribution in [0.5, 0.6) is 17.2 Å². The van der Waals surface area contributed by atoms with Crippen LogP contribution in [-0.4, -0.2) is 14.2 Å². The predicted molar refractivity (Wildman–Crippen MR) is 79.5 cm³/mol. The first-order valence-corrected chi connectivity index (χ1v) is 6.34. The van der Waals surface area contributed by atoms with Crippen LogP contribution >= 0.6 is 0 Å². The highest BCUT2D eigenvalue weighted by Crippen LogP contribution is 2.29. The molecule has 2 aromatic rings. The number of rotatable bonds is 5. The van der Waals surface area contributed by atoms with E-state index in [-0.39, 0.29) is 0 Å². The van der Waals surface area contributed by atoms with Gasteiger partial charge in [-0.2, -0.15) is 0 Å². The Bertz CT molecular complexity index is 596. The van der Waals surface area contributed by atoms with Crippen molar-refractivity contribution in [2.24, 2.45) is 0 Å². The van der Waals surface area contributed by atoms with Gasteiger partial charge in [-0.1, -0.05) is 12.1 Å². The van der Waals surface area contributed by atoms with E-state index in [4.69, 9.17) is 19.9 Å². The highest BCUT2D eigenvalue weighted by Gasteiger charge is 2.06. The molecule has 2 rings (SSSR count). The number of ether oxygens (including phenoxy) is 3. The Hall–Kier alpha value is -2.36. The second-order valence-corrected chi connectivity index (χ2v) is 4.52. The standard InChI is InChI=1S/C16H19NO3/c1-11-4-6-13(17)15(8-11)20-10-12-5-7-14(18-2)16(9-12)19-3/h4-9H,10,17H2,1-3H3. The third kappa shape index (κ3) is 3.15. The van der Waals surface area contributed by atoms with Crippen LogP contribution in [0.25, 0.3) is 0 Å². The number of anilines is 1. The summed E-state index contributed by atoms with van der Waals surface area (Å²) < 4.78 is 16.2. The molecular weight excluding hydrogens is 254 g/mol. The number of methoxy groups -OCH3 is 2. The maximum Gasteiger partial charge on any atom is 0.161 e. The molecule has 0 bridgehead atoms. The van der Waals surface area contributed by atoms with Crippen LogP contribution in [0.3, 0.4) is 0 Å². The van der Waals surface area contributed by atoms with Gasteiger partial charge in [-0.15, -0.1) is 0 Å². The molecule has 106 valence electrons. The summed E-state index contributed by atoms with van der Waals surface area (Å²) in [5.74, 6) is 2.08. The fourth-order valence-electron chi connectivity index (χ4n) is 1.90. The Balaban J connectivity index is 2.12. The normalized spacial score (nSPS) is 10.2. The number of benzene rings is 2. The first kappa shape index (κ1) is 14.1. The van der Waals surface area contributed by atoms with Crippen molar-refractivity contribution < 1.29 is 14.2 Å². The van der Waals surface area contributed by atoms with E-state index in [2.05, 4.69) is 0 Å². The molecule has 0 aliphatic heterocycles. The first-order valence-electron chi connectivity index (χ1n) is 6.34. The average Bonchev–Trinajstić information content (AvgIpc) is 2.47. The third-order valence-electron chi connectivity index (χ3n) is 3.01. The molecule has 0 amide bonds. The summed E-state index contributed by atoms with van der Waals surface area (Å²) in [5, 5.41) is 0. The lowest BCUT2D eigenvalue weighted by Crippen LogP contribution is -2.00. The molecule has 0 unspecified atom stereocenters. The molecule has 0 aromatic heterocycles. The van der Waals surface area contributed by atoms with Crippen molar-refractivity contribution in [2.45, 2.75) is 13.5 Å². The SMILES string of the molecule is COc1ccc(COc2cc(C)ccc2N)cc1OC. The van der Waals surface area contributed by atoms with E-state index in [0.717, 1.165) is 11.1 Å². The summed E-state index contributed by atoms with van der Waals surface area (Å²) in [6, 6.07) is 11.4. The molecule has 20 heavy (non-hydrogen) atoms. The maximum absolute atomic E-state index is 5.89. The second-order valence-electron chi connectivity index (χ2n) is 4.52. The van der Waals surface area contributed by atoms with Gasteiger partial charge in [-0.05, 0) is 42.3 Å². The van der Waals surface area contributed by atoms with Gasteiger partial charge in [0, 0.05) is 0 Å². The molecule has 0 aliphatic carbocycles. The number of hydrogen-bond donors (Lipinski definition) is 1. The Labute approximate surface area is 119 Å². The summed E-state index contributed by atoms with van der Waals surface area (Å²) in [6.07, 6.45) is 0. The quantitative estimate of drug-likeness (QED) is 0.850. The van der Waals surface area contributed by atoms with Gasteiger partial charge in [0.2, 0.25) is 0 Å². The Morgan fingerprint density at radius 1 is 0.900 bits per heavy atom. The smallest absolute Gasteiger partial charge is 0.161 e. The Morgan fingerprint density at radius 3 is 2.35 bits per heavy atom. The number of aryl methyl sites for hydroxylation is 1. The molecule has 0 fully saturated rings. The topological polar surface area (TPSA) is 53.7 Å². The van der Waals surface area contributed by atoms with Crippen molar-refractivity contribution in [3.63, 3.8) is 0 Å². The van der Waals surface area contributed by atoms with Crippen LogP contribution in [0.1, 0.15) is 11.1 Å². The zero-order valence-corrected chi connectivity index (χ0v) is 12.0. The molecule has 2 aromatic carbocycles. The average molecular weight is 273 g/mol. The molecule has 0 aliphatic rings. The van der Waals surface area contributed by atoms with E-state index in [1.165, 1.54) is 0 Å². The summed E-state index contributed by atoms with van der Waals surface area (Å²) in [4.78, 5) is 0. The van der Waals surface area contributed by atoms with Gasteiger partial charge in [0.15, 0.2) is 11.5 Å². The molecule has 0 heterocycles. The van der Waals surface area contributed by atoms with Crippen molar-refractivity contribution in [2.75, 3.05) is 20.0 Å². The molecular formula is C16H19NO3. The fourth-order valence-corrected chi connectivity index (χ4v) is 1.90. The molecule has 0 saturated carbocycles. The molecule has 4 nitrogen and oxygen atoms in total. The number of nitrogens with two attached hydrogens (primary N) is 1. The molecule has 0 radical (unpaired) electrons. The van der Waals surface area contributed by atoms with Crippen molar-refractivity contribution in [3.05, 3.63) is 47.5 Å². The Kier molecular flexibility index (Phi) is 4.35. The number of nitrogen functional groups attached to an aromatic ring is 1. The van der Waals surface area contributed by atoms with Crippen molar-refractivity contribution >= 4 is 5.69 Å². The monoisotopic (exact) mass is 273 g/mol. The molecule has 2 N–H and O–H groups in total. The van der Waals surface area contributed by atoms with E-state index < -0.39 is 0 Å². The summed E-state index contributed by atoms with van der Waals surface area (Å²) in [5.41, 5.74) is 8.62. The van der Waals surface area contributed by atoms with Gasteiger partial charge in [0.25, 0.3) is 0 Å². The van der Waals surface area contributed by atoms with Gasteiger partial charge in [-0.3, -0.25) is 0 Å². The lowest BCUT2D eigenvalue weighted by atomic mass is 10.2. The first-order chi connectivity index (χ1) is 9.63. The van der Waals surface area contributed by atoms with Crippen LogP contribution < -0.4 is 19.9 Å². The lowest BCUT2D eigenvalue weighted by Gasteiger charge is -2.12. The maximum atomic E-state index is 5.89. The van der Waals surface area contributed by atoms with Crippen LogP contribution in [0.4, 0.5) is 5.69 Å². The summed E-state index contributed by atoms with van der Waals surface area (Å²) in [7, 11) is 3.22. The highest BCUT2D eigenvalue weighted by molar-refractivity contribution is 5.53. The predicted octanol–water partition coefficient (Wildman–Crippen LogP) is 3.17. The van der Waals surface area contributed by atoms with Crippen LogP contribution in [0.2, 0.25) is 0 Å². The molecule has 0 saturated heterocycles. The van der Waals surface area contributed by atoms with Gasteiger partial charge in [0.05, 0.1) is 19.9 Å². The molecule has 0 atom stereocenters. The molecule has 0 spiro atoms. The summed E-state index contributed by atoms with van der Waals surface area (Å²) >= 11 is 0. The third-order valence-corrected chi connectivity index (χ3v) is 3.01. The minimum atomic E-state index is 0.425. The van der Waals surface area contributed by atoms with E-state index in [1.807, 2.05) is 43.3 Å². The Morgan fingerprint density at radius 2 is 1.65 bits per heavy atom. The zero-order valence-electron chi connectivity index (χ0n) is 12.0. The van der Waals surface area contributed by atoms with Gasteiger partial charge >= 0.3 is 0 Å². The summed E-state index contributed by atoms with van der Waals surface area (Å²) in [6.45, 7) is 2.43.